The third kappa shape index (κ3) is 11.1. The maximum Gasteiger partial charge on any atom is 0.263 e. The first-order valence-electron chi connectivity index (χ1n) is 18.9. The smallest absolute Gasteiger partial charge is 0.263 e. The predicted molar refractivity (Wildman–Crippen MR) is 215 cm³/mol. The Bertz CT molecular complexity index is 1870. The Morgan fingerprint density at radius 2 is 1.21 bits per heavy atom. The van der Waals surface area contributed by atoms with Gasteiger partial charge in [0, 0.05) is 18.2 Å². The molecule has 0 aliphatic rings. The van der Waals surface area contributed by atoms with E-state index in [9.17, 15) is 19.5 Å². The van der Waals surface area contributed by atoms with Crippen LogP contribution in [-0.4, -0.2) is 47.7 Å². The lowest BCUT2D eigenvalue weighted by atomic mass is 9.88. The molecule has 5 N–H and O–H groups in total. The summed E-state index contributed by atoms with van der Waals surface area (Å²) in [6.07, 6.45) is -0.128. The summed E-state index contributed by atoms with van der Waals surface area (Å²) in [5.41, 5.74) is 2.75. The molecule has 0 fully saturated rings. The number of fused-ring (bicyclic) bond motifs is 2. The summed E-state index contributed by atoms with van der Waals surface area (Å²) in [4.78, 5) is 41.6. The fourth-order valence-corrected chi connectivity index (χ4v) is 6.78. The number of aliphatic hydroxyl groups is 1. The van der Waals surface area contributed by atoms with Crippen LogP contribution in [0.5, 0.6) is 0 Å². The first-order chi connectivity index (χ1) is 25.6. The molecule has 0 bridgehead atoms. The molecular formula is C45H54N4O4. The number of hydrogen-bond donors (Lipinski definition) is 5. The van der Waals surface area contributed by atoms with Crippen molar-refractivity contribution in [3.63, 3.8) is 0 Å². The lowest BCUT2D eigenvalue weighted by Gasteiger charge is -2.29. The zero-order valence-electron chi connectivity index (χ0n) is 31.3. The van der Waals surface area contributed by atoms with Crippen molar-refractivity contribution in [3.8, 4) is 0 Å². The van der Waals surface area contributed by atoms with Crippen LogP contribution < -0.4 is 21.3 Å². The highest BCUT2D eigenvalue weighted by molar-refractivity contribution is 5.92. The summed E-state index contributed by atoms with van der Waals surface area (Å²) in [5, 5.41) is 27.8. The van der Waals surface area contributed by atoms with Crippen LogP contribution in [0.25, 0.3) is 21.5 Å². The number of anilines is 1. The molecule has 5 aromatic rings. The van der Waals surface area contributed by atoms with Crippen molar-refractivity contribution in [2.24, 2.45) is 17.8 Å². The number of carbonyl (C=O) groups excluding carboxylic acids is 3. The van der Waals surface area contributed by atoms with Gasteiger partial charge in [0.1, 0.15) is 0 Å². The molecule has 8 heteroatoms. The zero-order valence-corrected chi connectivity index (χ0v) is 31.3. The van der Waals surface area contributed by atoms with Crippen molar-refractivity contribution in [1.82, 2.24) is 16.0 Å². The molecule has 8 nitrogen and oxygen atoms in total. The maximum atomic E-state index is 14.6. The molecule has 0 saturated carbocycles. The van der Waals surface area contributed by atoms with Crippen LogP contribution >= 0.6 is 0 Å². The van der Waals surface area contributed by atoms with E-state index in [0.29, 0.717) is 37.4 Å². The summed E-state index contributed by atoms with van der Waals surface area (Å²) >= 11 is 0. The van der Waals surface area contributed by atoms with E-state index in [0.717, 1.165) is 39.1 Å². The molecule has 5 aromatic carbocycles. The zero-order chi connectivity index (χ0) is 37.7. The topological polar surface area (TPSA) is 120 Å². The molecular weight excluding hydrogens is 661 g/mol. The van der Waals surface area contributed by atoms with E-state index in [1.807, 2.05) is 80.6 Å². The van der Waals surface area contributed by atoms with E-state index in [-0.39, 0.29) is 24.2 Å². The molecule has 0 heterocycles. The molecule has 0 aromatic heterocycles. The Balaban J connectivity index is 1.42. The van der Waals surface area contributed by atoms with Crippen molar-refractivity contribution in [2.75, 3.05) is 11.9 Å². The Morgan fingerprint density at radius 3 is 1.77 bits per heavy atom. The first-order valence-corrected chi connectivity index (χ1v) is 18.9. The summed E-state index contributed by atoms with van der Waals surface area (Å²) in [6.45, 7) is 8.65. The first kappa shape index (κ1) is 39.0. The molecule has 278 valence electrons. The summed E-state index contributed by atoms with van der Waals surface area (Å²) in [6, 6.07) is 37.2. The molecule has 0 saturated heterocycles. The fourth-order valence-electron chi connectivity index (χ4n) is 6.78. The second-order valence-electron chi connectivity index (χ2n) is 14.7. The van der Waals surface area contributed by atoms with Crippen LogP contribution in [0.2, 0.25) is 0 Å². The molecule has 1 unspecified atom stereocenters. The van der Waals surface area contributed by atoms with Crippen LogP contribution in [0.3, 0.4) is 0 Å². The Hall–Kier alpha value is -5.21. The summed E-state index contributed by atoms with van der Waals surface area (Å²) in [5.74, 6) is -1.12. The average molecular weight is 715 g/mol. The largest absolute Gasteiger partial charge is 0.390 e. The quantitative estimate of drug-likeness (QED) is 0.0607. The lowest BCUT2D eigenvalue weighted by Crippen LogP contribution is -2.57. The van der Waals surface area contributed by atoms with Gasteiger partial charge in [-0.1, -0.05) is 137 Å². The van der Waals surface area contributed by atoms with Gasteiger partial charge in [-0.3, -0.25) is 14.4 Å². The number of nitrogens with one attached hydrogen (secondary N) is 4. The summed E-state index contributed by atoms with van der Waals surface area (Å²) < 4.78 is 0. The second kappa shape index (κ2) is 19.0. The lowest BCUT2D eigenvalue weighted by molar-refractivity contribution is -0.131. The number of para-hydroxylation sites is 1. The van der Waals surface area contributed by atoms with E-state index in [1.165, 1.54) is 0 Å². The highest BCUT2D eigenvalue weighted by Gasteiger charge is 2.31. The van der Waals surface area contributed by atoms with Crippen molar-refractivity contribution >= 4 is 45.0 Å². The number of aliphatic hydroxyl groups excluding tert-OH is 1. The molecule has 0 aliphatic heterocycles. The molecule has 5 rings (SSSR count). The van der Waals surface area contributed by atoms with Crippen LogP contribution in [0.1, 0.15) is 58.1 Å². The van der Waals surface area contributed by atoms with Crippen LogP contribution in [0, 0.1) is 17.8 Å². The minimum Gasteiger partial charge on any atom is -0.390 e. The number of hydrogen-bond acceptors (Lipinski definition) is 5. The number of benzene rings is 5. The van der Waals surface area contributed by atoms with Gasteiger partial charge < -0.3 is 26.4 Å². The molecule has 0 aliphatic carbocycles. The second-order valence-corrected chi connectivity index (χ2v) is 14.7. The highest BCUT2D eigenvalue weighted by atomic mass is 16.3. The van der Waals surface area contributed by atoms with Gasteiger partial charge in [-0.15, -0.1) is 0 Å². The third-order valence-corrected chi connectivity index (χ3v) is 9.95. The standard InChI is InChI=1S/C45H54N4O4/c1-5-31(4)29-46-42(51)28-41(50)40(25-30(2)3)48-45(53)43(47-37-21-7-6-8-22-37)49-44(52)36(26-34-19-13-17-32-15-9-11-23-38(32)34)27-35-20-14-18-33-16-10-12-24-39(33)35/h6-24,30-31,36,40-41,43,47,50H,5,25-29H2,1-4H3,(H,46,51)(H,48,53)(H,49,52)/t31-,40-,41-,43?/m0/s1. The van der Waals surface area contributed by atoms with E-state index < -0.39 is 30.1 Å². The highest BCUT2D eigenvalue weighted by Crippen LogP contribution is 2.27. The van der Waals surface area contributed by atoms with Crippen molar-refractivity contribution in [3.05, 3.63) is 126 Å². The Morgan fingerprint density at radius 1 is 0.660 bits per heavy atom. The molecule has 3 amide bonds. The van der Waals surface area contributed by atoms with Crippen molar-refractivity contribution in [2.45, 2.75) is 78.1 Å². The van der Waals surface area contributed by atoms with Gasteiger partial charge in [-0.25, -0.2) is 0 Å². The number of rotatable bonds is 18. The number of carbonyl (C=O) groups is 3. The van der Waals surface area contributed by atoms with Gasteiger partial charge in [0.2, 0.25) is 11.8 Å². The van der Waals surface area contributed by atoms with Gasteiger partial charge in [-0.05, 0) is 75.9 Å². The van der Waals surface area contributed by atoms with Crippen molar-refractivity contribution in [1.29, 1.82) is 0 Å². The van der Waals surface area contributed by atoms with E-state index in [2.05, 4.69) is 83.6 Å². The van der Waals surface area contributed by atoms with Crippen LogP contribution in [-0.2, 0) is 27.2 Å². The van der Waals surface area contributed by atoms with Gasteiger partial charge >= 0.3 is 0 Å². The van der Waals surface area contributed by atoms with Crippen LogP contribution in [0.15, 0.2) is 115 Å². The molecule has 4 atom stereocenters. The minimum atomic E-state index is -1.16. The Labute approximate surface area is 313 Å². The average Bonchev–Trinajstić information content (AvgIpc) is 3.16. The van der Waals surface area contributed by atoms with Gasteiger partial charge in [-0.2, -0.15) is 0 Å². The molecule has 0 radical (unpaired) electrons. The third-order valence-electron chi connectivity index (χ3n) is 9.95. The molecule has 53 heavy (non-hydrogen) atoms. The number of amides is 3. The van der Waals surface area contributed by atoms with E-state index >= 15 is 0 Å². The minimum absolute atomic E-state index is 0.124. The maximum absolute atomic E-state index is 14.6. The van der Waals surface area contributed by atoms with Gasteiger partial charge in [0.05, 0.1) is 18.6 Å². The monoisotopic (exact) mass is 714 g/mol. The van der Waals surface area contributed by atoms with Gasteiger partial charge in [0.25, 0.3) is 5.91 Å². The Kier molecular flexibility index (Phi) is 14.0. The van der Waals surface area contributed by atoms with Crippen molar-refractivity contribution < 1.29 is 19.5 Å². The normalized spacial score (nSPS) is 13.7. The predicted octanol–water partition coefficient (Wildman–Crippen LogP) is 7.39. The summed E-state index contributed by atoms with van der Waals surface area (Å²) in [7, 11) is 0. The van der Waals surface area contributed by atoms with E-state index in [1.54, 1.807) is 0 Å². The fraction of sp³-hybridized carbons (Fsp3) is 0.356. The molecule has 0 spiro atoms. The van der Waals surface area contributed by atoms with E-state index in [4.69, 9.17) is 0 Å². The van der Waals surface area contributed by atoms with Crippen LogP contribution in [0.4, 0.5) is 5.69 Å². The SMILES string of the molecule is CC[C@H](C)CNC(=O)C[C@H](O)[C@H](CC(C)C)NC(=O)C(NC(=O)C(Cc1cccc2ccccc12)Cc1cccc2ccccc12)Nc1ccccc1. The van der Waals surface area contributed by atoms with Gasteiger partial charge in [0.15, 0.2) is 6.17 Å².